The summed E-state index contributed by atoms with van der Waals surface area (Å²) in [4.78, 5) is 22.0. The minimum Gasteiger partial charge on any atom is -0.508 e. The maximum atomic E-state index is 12.4. The van der Waals surface area contributed by atoms with Gasteiger partial charge in [-0.25, -0.2) is 9.97 Å². The number of rotatable bonds is 3. The minimum atomic E-state index is -0.696. The molecule has 0 radical (unpaired) electrons. The van der Waals surface area contributed by atoms with Crippen LogP contribution < -0.4 is 11.5 Å². The van der Waals surface area contributed by atoms with Crippen LogP contribution in [0, 0.1) is 13.8 Å². The van der Waals surface area contributed by atoms with Crippen molar-refractivity contribution in [3.63, 3.8) is 0 Å². The highest BCUT2D eigenvalue weighted by atomic mass is 16.3. The first kappa shape index (κ1) is 19.6. The average Bonchev–Trinajstić information content (AvgIpc) is 3.30. The van der Waals surface area contributed by atoms with Crippen LogP contribution in [0.3, 0.4) is 0 Å². The third kappa shape index (κ3) is 2.64. The van der Waals surface area contributed by atoms with Crippen LogP contribution in [0.5, 0.6) is 5.75 Å². The van der Waals surface area contributed by atoms with Crippen molar-refractivity contribution in [2.75, 3.05) is 5.73 Å². The van der Waals surface area contributed by atoms with Gasteiger partial charge in [0.25, 0.3) is 5.91 Å². The van der Waals surface area contributed by atoms with E-state index in [1.165, 1.54) is 0 Å². The molecule has 9 heteroatoms. The average molecular weight is 427 g/mol. The molecular weight excluding hydrogens is 406 g/mol. The molecule has 5 rings (SSSR count). The summed E-state index contributed by atoms with van der Waals surface area (Å²) in [6.45, 7) is 3.68. The fraction of sp³-hybridized carbons (Fsp3) is 0.130. The Bertz CT molecular complexity index is 1560. The molecule has 0 unspecified atom stereocenters. The van der Waals surface area contributed by atoms with Crippen molar-refractivity contribution < 1.29 is 9.90 Å². The lowest BCUT2D eigenvalue weighted by Crippen LogP contribution is -2.14. The van der Waals surface area contributed by atoms with Gasteiger partial charge in [0.2, 0.25) is 0 Å². The maximum absolute atomic E-state index is 12.4. The van der Waals surface area contributed by atoms with Crippen molar-refractivity contribution in [1.82, 2.24) is 24.3 Å². The van der Waals surface area contributed by atoms with Gasteiger partial charge in [0.05, 0.1) is 16.9 Å². The van der Waals surface area contributed by atoms with Crippen molar-refractivity contribution in [3.05, 3.63) is 59.3 Å². The van der Waals surface area contributed by atoms with Crippen LogP contribution in [-0.2, 0) is 7.05 Å². The molecule has 0 aliphatic rings. The SMILES string of the molecule is Cc1ccc(O)c(C)c1-n1c(N)c(C(N)=O)c2nc3cccc(-c4ccnn4C)c3nc21. The number of nitrogens with two attached hydrogens (primary N) is 2. The van der Waals surface area contributed by atoms with Crippen LogP contribution >= 0.6 is 0 Å². The van der Waals surface area contributed by atoms with Gasteiger partial charge in [-0.15, -0.1) is 0 Å². The zero-order chi connectivity index (χ0) is 22.7. The highest BCUT2D eigenvalue weighted by molar-refractivity contribution is 6.11. The first-order valence-electron chi connectivity index (χ1n) is 9.98. The Morgan fingerprint density at radius 3 is 2.53 bits per heavy atom. The van der Waals surface area contributed by atoms with Crippen molar-refractivity contribution in [1.29, 1.82) is 0 Å². The van der Waals surface area contributed by atoms with Crippen LogP contribution in [-0.4, -0.2) is 35.3 Å². The van der Waals surface area contributed by atoms with Gasteiger partial charge in [0, 0.05) is 24.4 Å². The molecule has 0 saturated carbocycles. The molecule has 0 atom stereocenters. The lowest BCUT2D eigenvalue weighted by molar-refractivity contribution is 0.100. The van der Waals surface area contributed by atoms with Crippen molar-refractivity contribution in [2.45, 2.75) is 13.8 Å². The number of fused-ring (bicyclic) bond motifs is 2. The summed E-state index contributed by atoms with van der Waals surface area (Å²) in [5, 5.41) is 14.6. The first-order chi connectivity index (χ1) is 15.3. The molecule has 160 valence electrons. The molecule has 0 saturated heterocycles. The summed E-state index contributed by atoms with van der Waals surface area (Å²) < 4.78 is 3.40. The second-order valence-electron chi connectivity index (χ2n) is 7.74. The number of para-hydroxylation sites is 1. The predicted octanol–water partition coefficient (Wildman–Crippen LogP) is 2.98. The number of hydrogen-bond donors (Lipinski definition) is 3. The van der Waals surface area contributed by atoms with E-state index in [4.69, 9.17) is 21.4 Å². The van der Waals surface area contributed by atoms with E-state index in [0.717, 1.165) is 16.8 Å². The van der Waals surface area contributed by atoms with E-state index in [-0.39, 0.29) is 17.1 Å². The minimum absolute atomic E-state index is 0.0995. The Kier molecular flexibility index (Phi) is 4.16. The number of nitrogen functional groups attached to an aromatic ring is 1. The number of benzene rings is 2. The van der Waals surface area contributed by atoms with E-state index >= 15 is 0 Å². The van der Waals surface area contributed by atoms with E-state index in [0.29, 0.717) is 33.4 Å². The molecule has 9 nitrogen and oxygen atoms in total. The predicted molar refractivity (Wildman–Crippen MR) is 123 cm³/mol. The summed E-state index contributed by atoms with van der Waals surface area (Å²) >= 11 is 0. The fourth-order valence-electron chi connectivity index (χ4n) is 4.22. The molecule has 32 heavy (non-hydrogen) atoms. The quantitative estimate of drug-likeness (QED) is 0.405. The van der Waals surface area contributed by atoms with E-state index in [1.54, 1.807) is 34.5 Å². The number of carbonyl (C=O) groups is 1. The number of phenolic OH excluding ortho intramolecular Hbond substituents is 1. The van der Waals surface area contributed by atoms with Gasteiger partial charge in [0.1, 0.15) is 28.2 Å². The van der Waals surface area contributed by atoms with Gasteiger partial charge >= 0.3 is 0 Å². The highest BCUT2D eigenvalue weighted by Crippen LogP contribution is 2.36. The largest absolute Gasteiger partial charge is 0.508 e. The van der Waals surface area contributed by atoms with Gasteiger partial charge in [-0.3, -0.25) is 14.0 Å². The molecule has 3 heterocycles. The molecule has 0 aliphatic heterocycles. The monoisotopic (exact) mass is 427 g/mol. The Morgan fingerprint density at radius 2 is 1.84 bits per heavy atom. The number of nitrogens with zero attached hydrogens (tertiary/aromatic N) is 5. The summed E-state index contributed by atoms with van der Waals surface area (Å²) in [7, 11) is 1.85. The lowest BCUT2D eigenvalue weighted by atomic mass is 10.1. The second-order valence-corrected chi connectivity index (χ2v) is 7.74. The van der Waals surface area contributed by atoms with Crippen LogP contribution in [0.25, 0.3) is 39.1 Å². The Labute approximate surface area is 182 Å². The number of aryl methyl sites for hydroxylation is 2. The standard InChI is InChI=1S/C23H21N7O2/c1-11-7-8-16(31)12(2)20(11)30-21(24)17(22(25)32)19-23(30)28-18-13(5-4-6-14(18)27-19)15-9-10-26-29(15)3/h4-10,31H,24H2,1-3H3,(H2,25,32). The number of carbonyl (C=O) groups excluding carboxylic acids is 1. The smallest absolute Gasteiger partial charge is 0.254 e. The number of phenols is 1. The van der Waals surface area contributed by atoms with Gasteiger partial charge in [0.15, 0.2) is 5.65 Å². The number of hydrogen-bond acceptors (Lipinski definition) is 6. The zero-order valence-corrected chi connectivity index (χ0v) is 17.8. The van der Waals surface area contributed by atoms with Crippen LogP contribution in [0.15, 0.2) is 42.6 Å². The van der Waals surface area contributed by atoms with Crippen LogP contribution in [0.4, 0.5) is 5.82 Å². The molecule has 0 spiro atoms. The summed E-state index contributed by atoms with van der Waals surface area (Å²) in [5.41, 5.74) is 18.0. The third-order valence-electron chi connectivity index (χ3n) is 5.79. The van der Waals surface area contributed by atoms with E-state index < -0.39 is 5.91 Å². The highest BCUT2D eigenvalue weighted by Gasteiger charge is 2.26. The molecule has 5 N–H and O–H groups in total. The number of aromatic nitrogens is 5. The van der Waals surface area contributed by atoms with Crippen LogP contribution in [0.1, 0.15) is 21.5 Å². The van der Waals surface area contributed by atoms with E-state index in [1.807, 2.05) is 38.2 Å². The number of aromatic hydroxyl groups is 1. The summed E-state index contributed by atoms with van der Waals surface area (Å²) in [6, 6.07) is 10.9. The number of amides is 1. The number of anilines is 1. The van der Waals surface area contributed by atoms with E-state index in [2.05, 4.69) is 5.10 Å². The van der Waals surface area contributed by atoms with Gasteiger partial charge < -0.3 is 16.6 Å². The first-order valence-corrected chi connectivity index (χ1v) is 9.98. The third-order valence-corrected chi connectivity index (χ3v) is 5.79. The molecule has 0 bridgehead atoms. The zero-order valence-electron chi connectivity index (χ0n) is 17.8. The molecule has 1 amide bonds. The van der Waals surface area contributed by atoms with Crippen LogP contribution in [0.2, 0.25) is 0 Å². The Morgan fingerprint density at radius 1 is 1.06 bits per heavy atom. The Hall–Kier alpha value is -4.40. The van der Waals surface area contributed by atoms with Crippen molar-refractivity contribution in [3.8, 4) is 22.7 Å². The Balaban J connectivity index is 1.97. The molecular formula is C23H21N7O2. The van der Waals surface area contributed by atoms with E-state index in [9.17, 15) is 9.90 Å². The van der Waals surface area contributed by atoms with Gasteiger partial charge in [-0.2, -0.15) is 5.10 Å². The second kappa shape index (κ2) is 6.81. The topological polar surface area (TPSA) is 138 Å². The summed E-state index contributed by atoms with van der Waals surface area (Å²) in [6.07, 6.45) is 1.71. The normalized spacial score (nSPS) is 11.5. The van der Waals surface area contributed by atoms with Gasteiger partial charge in [-0.1, -0.05) is 18.2 Å². The fourth-order valence-corrected chi connectivity index (χ4v) is 4.22. The lowest BCUT2D eigenvalue weighted by Gasteiger charge is -2.15. The maximum Gasteiger partial charge on any atom is 0.254 e. The van der Waals surface area contributed by atoms with Crippen molar-refractivity contribution in [2.24, 2.45) is 12.8 Å². The summed E-state index contributed by atoms with van der Waals surface area (Å²) in [5.74, 6) is -0.461. The molecule has 2 aromatic carbocycles. The molecule has 0 aliphatic carbocycles. The van der Waals surface area contributed by atoms with Crippen molar-refractivity contribution >= 4 is 33.9 Å². The number of primary amides is 1. The molecule has 3 aromatic heterocycles. The molecule has 5 aromatic rings. The molecule has 0 fully saturated rings. The van der Waals surface area contributed by atoms with Gasteiger partial charge in [-0.05, 0) is 37.6 Å².